The van der Waals surface area contributed by atoms with Gasteiger partial charge in [0.05, 0.1) is 0 Å². The Bertz CT molecular complexity index is 432. The van der Waals surface area contributed by atoms with Crippen LogP contribution < -0.4 is 0 Å². The van der Waals surface area contributed by atoms with E-state index >= 15 is 0 Å². The summed E-state index contributed by atoms with van der Waals surface area (Å²) in [5, 5.41) is 0. The minimum atomic E-state index is 0.253. The molecular weight excluding hydrogens is 224 g/mol. The Kier molecular flexibility index (Phi) is 3.46. The lowest BCUT2D eigenvalue weighted by atomic mass is 9.77. The van der Waals surface area contributed by atoms with Crippen molar-refractivity contribution in [2.75, 3.05) is 13.2 Å². The smallest absolute Gasteiger partial charge is 0.166 e. The van der Waals surface area contributed by atoms with E-state index in [1.54, 1.807) is 0 Å². The summed E-state index contributed by atoms with van der Waals surface area (Å²) in [7, 11) is 0. The maximum atomic E-state index is 12.5. The summed E-state index contributed by atoms with van der Waals surface area (Å²) < 4.78 is 5.39. The van der Waals surface area contributed by atoms with E-state index in [0.29, 0.717) is 11.7 Å². The van der Waals surface area contributed by atoms with E-state index in [4.69, 9.17) is 4.74 Å². The Balaban J connectivity index is 1.70. The third kappa shape index (κ3) is 2.35. The van der Waals surface area contributed by atoms with E-state index in [-0.39, 0.29) is 5.92 Å². The minimum absolute atomic E-state index is 0.253. The highest BCUT2D eigenvalue weighted by Gasteiger charge is 2.29. The first-order chi connectivity index (χ1) is 8.84. The number of aryl methyl sites for hydroxylation is 1. The second-order valence-corrected chi connectivity index (χ2v) is 5.55. The second kappa shape index (κ2) is 5.23. The van der Waals surface area contributed by atoms with E-state index in [1.807, 2.05) is 18.2 Å². The predicted molar refractivity (Wildman–Crippen MR) is 70.7 cm³/mol. The van der Waals surface area contributed by atoms with Crippen LogP contribution in [-0.4, -0.2) is 19.0 Å². The van der Waals surface area contributed by atoms with Crippen molar-refractivity contribution in [2.45, 2.75) is 32.1 Å². The SMILES string of the molecule is O=C1c2ccccc2CCC1CC1CCOCC1. The molecule has 1 unspecified atom stereocenters. The lowest BCUT2D eigenvalue weighted by Crippen LogP contribution is -2.27. The normalized spacial score (nSPS) is 24.9. The fourth-order valence-corrected chi connectivity index (χ4v) is 3.27. The summed E-state index contributed by atoms with van der Waals surface area (Å²) in [6, 6.07) is 8.10. The highest BCUT2D eigenvalue weighted by atomic mass is 16.5. The molecule has 0 spiro atoms. The third-order valence-electron chi connectivity index (χ3n) is 4.37. The highest BCUT2D eigenvalue weighted by molar-refractivity contribution is 6.00. The first-order valence-corrected chi connectivity index (χ1v) is 7.04. The van der Waals surface area contributed by atoms with Gasteiger partial charge in [-0.3, -0.25) is 4.79 Å². The zero-order valence-electron chi connectivity index (χ0n) is 10.7. The molecule has 0 saturated carbocycles. The molecule has 0 amide bonds. The Morgan fingerprint density at radius 1 is 1.11 bits per heavy atom. The highest BCUT2D eigenvalue weighted by Crippen LogP contribution is 2.32. The summed E-state index contributed by atoms with van der Waals surface area (Å²) in [6.07, 6.45) is 5.43. The fourth-order valence-electron chi connectivity index (χ4n) is 3.27. The maximum absolute atomic E-state index is 12.5. The fraction of sp³-hybridized carbons (Fsp3) is 0.562. The Morgan fingerprint density at radius 2 is 1.89 bits per heavy atom. The first-order valence-electron chi connectivity index (χ1n) is 7.04. The Morgan fingerprint density at radius 3 is 2.72 bits per heavy atom. The van der Waals surface area contributed by atoms with Crippen LogP contribution >= 0.6 is 0 Å². The average Bonchev–Trinajstić information content (AvgIpc) is 2.43. The van der Waals surface area contributed by atoms with Crippen molar-refractivity contribution in [3.05, 3.63) is 35.4 Å². The zero-order chi connectivity index (χ0) is 12.4. The van der Waals surface area contributed by atoms with E-state index in [1.165, 1.54) is 5.56 Å². The average molecular weight is 244 g/mol. The number of ketones is 1. The quantitative estimate of drug-likeness (QED) is 0.798. The molecule has 0 N–H and O–H groups in total. The molecule has 1 saturated heterocycles. The van der Waals surface area contributed by atoms with Crippen molar-refractivity contribution in [1.29, 1.82) is 0 Å². The number of fused-ring (bicyclic) bond motifs is 1. The van der Waals surface area contributed by atoms with Gasteiger partial charge in [0.25, 0.3) is 0 Å². The van der Waals surface area contributed by atoms with Crippen LogP contribution in [-0.2, 0) is 11.2 Å². The molecule has 3 rings (SSSR count). The molecule has 0 bridgehead atoms. The van der Waals surface area contributed by atoms with Gasteiger partial charge in [-0.25, -0.2) is 0 Å². The number of Topliss-reactive ketones (excluding diaryl/α,β-unsaturated/α-hetero) is 1. The molecule has 1 heterocycles. The number of ether oxygens (including phenoxy) is 1. The van der Waals surface area contributed by atoms with E-state index in [2.05, 4.69) is 6.07 Å². The van der Waals surface area contributed by atoms with Crippen LogP contribution in [0.3, 0.4) is 0 Å². The van der Waals surface area contributed by atoms with Gasteiger partial charge in [0, 0.05) is 24.7 Å². The van der Waals surface area contributed by atoms with Crippen molar-refractivity contribution in [2.24, 2.45) is 11.8 Å². The molecule has 1 aliphatic carbocycles. The summed E-state index contributed by atoms with van der Waals surface area (Å²) >= 11 is 0. The van der Waals surface area contributed by atoms with Gasteiger partial charge in [0.1, 0.15) is 0 Å². The molecule has 2 heteroatoms. The molecule has 2 nitrogen and oxygen atoms in total. The molecule has 2 aliphatic rings. The number of carbonyl (C=O) groups is 1. The molecule has 96 valence electrons. The van der Waals surface area contributed by atoms with Gasteiger partial charge in [-0.15, -0.1) is 0 Å². The van der Waals surface area contributed by atoms with Gasteiger partial charge in [-0.1, -0.05) is 24.3 Å². The van der Waals surface area contributed by atoms with Gasteiger partial charge < -0.3 is 4.74 Å². The van der Waals surface area contributed by atoms with Crippen molar-refractivity contribution >= 4 is 5.78 Å². The third-order valence-corrected chi connectivity index (χ3v) is 4.37. The predicted octanol–water partition coefficient (Wildman–Crippen LogP) is 3.25. The van der Waals surface area contributed by atoms with Crippen LogP contribution in [0.4, 0.5) is 0 Å². The molecule has 0 aromatic heterocycles. The summed E-state index contributed by atoms with van der Waals surface area (Å²) in [4.78, 5) is 12.5. The molecular formula is C16H20O2. The number of benzene rings is 1. The molecule has 1 aromatic carbocycles. The van der Waals surface area contributed by atoms with Crippen LogP contribution in [0.2, 0.25) is 0 Å². The molecule has 1 fully saturated rings. The Labute approximate surface area is 108 Å². The summed E-state index contributed by atoms with van der Waals surface area (Å²) in [5.41, 5.74) is 2.21. The largest absolute Gasteiger partial charge is 0.381 e. The van der Waals surface area contributed by atoms with Crippen molar-refractivity contribution in [1.82, 2.24) is 0 Å². The van der Waals surface area contributed by atoms with Crippen molar-refractivity contribution in [3.63, 3.8) is 0 Å². The molecule has 1 aromatic rings. The van der Waals surface area contributed by atoms with E-state index < -0.39 is 0 Å². The lowest BCUT2D eigenvalue weighted by molar-refractivity contribution is 0.0548. The molecule has 0 radical (unpaired) electrons. The molecule has 1 aliphatic heterocycles. The van der Waals surface area contributed by atoms with E-state index in [0.717, 1.165) is 50.9 Å². The minimum Gasteiger partial charge on any atom is -0.381 e. The van der Waals surface area contributed by atoms with Gasteiger partial charge >= 0.3 is 0 Å². The van der Waals surface area contributed by atoms with Crippen LogP contribution in [0.25, 0.3) is 0 Å². The van der Waals surface area contributed by atoms with Gasteiger partial charge in [-0.05, 0) is 43.6 Å². The van der Waals surface area contributed by atoms with Crippen LogP contribution in [0.15, 0.2) is 24.3 Å². The molecule has 18 heavy (non-hydrogen) atoms. The van der Waals surface area contributed by atoms with Crippen LogP contribution in [0.5, 0.6) is 0 Å². The number of hydrogen-bond donors (Lipinski definition) is 0. The topological polar surface area (TPSA) is 26.3 Å². The lowest BCUT2D eigenvalue weighted by Gasteiger charge is -2.29. The summed E-state index contributed by atoms with van der Waals surface area (Å²) in [6.45, 7) is 1.75. The first kappa shape index (κ1) is 11.9. The standard InChI is InChI=1S/C16H20O2/c17-16-14(11-12-7-9-18-10-8-12)6-5-13-3-1-2-4-15(13)16/h1-4,12,14H,5-11H2. The van der Waals surface area contributed by atoms with Crippen molar-refractivity contribution in [3.8, 4) is 0 Å². The summed E-state index contributed by atoms with van der Waals surface area (Å²) in [5.74, 6) is 1.32. The number of rotatable bonds is 2. The van der Waals surface area contributed by atoms with Gasteiger partial charge in [0.15, 0.2) is 5.78 Å². The Hall–Kier alpha value is -1.15. The number of hydrogen-bond acceptors (Lipinski definition) is 2. The monoisotopic (exact) mass is 244 g/mol. The van der Waals surface area contributed by atoms with E-state index in [9.17, 15) is 4.79 Å². The second-order valence-electron chi connectivity index (χ2n) is 5.55. The maximum Gasteiger partial charge on any atom is 0.166 e. The van der Waals surface area contributed by atoms with Crippen LogP contribution in [0, 0.1) is 11.8 Å². The van der Waals surface area contributed by atoms with Gasteiger partial charge in [-0.2, -0.15) is 0 Å². The number of carbonyl (C=O) groups excluding carboxylic acids is 1. The van der Waals surface area contributed by atoms with Crippen LogP contribution in [0.1, 0.15) is 41.6 Å². The molecule has 1 atom stereocenters. The van der Waals surface area contributed by atoms with Gasteiger partial charge in [0.2, 0.25) is 0 Å². The zero-order valence-corrected chi connectivity index (χ0v) is 10.7. The van der Waals surface area contributed by atoms with Crippen molar-refractivity contribution < 1.29 is 9.53 Å².